The van der Waals surface area contributed by atoms with Crippen molar-refractivity contribution in [1.82, 2.24) is 0 Å². The molecule has 28 heavy (non-hydrogen) atoms. The van der Waals surface area contributed by atoms with E-state index in [0.29, 0.717) is 6.42 Å². The van der Waals surface area contributed by atoms with E-state index in [0.717, 1.165) is 0 Å². The highest BCUT2D eigenvalue weighted by molar-refractivity contribution is 5.35. The van der Waals surface area contributed by atoms with E-state index >= 15 is 0 Å². The molecule has 2 saturated heterocycles. The first-order valence-corrected chi connectivity index (χ1v) is 9.62. The van der Waals surface area contributed by atoms with Crippen molar-refractivity contribution in [3.63, 3.8) is 0 Å². The quantitative estimate of drug-likeness (QED) is 0.236. The van der Waals surface area contributed by atoms with E-state index in [1.165, 1.54) is 0 Å². The van der Waals surface area contributed by atoms with Gasteiger partial charge in [0.1, 0.15) is 41.7 Å². The maximum Gasteiger partial charge on any atom is 0.187 e. The van der Waals surface area contributed by atoms with E-state index in [1.807, 2.05) is 13.8 Å². The molecule has 162 valence electrons. The van der Waals surface area contributed by atoms with Crippen molar-refractivity contribution in [3.8, 4) is 0 Å². The fourth-order valence-electron chi connectivity index (χ4n) is 4.69. The molecule has 0 bridgehead atoms. The van der Waals surface area contributed by atoms with Gasteiger partial charge in [-0.25, -0.2) is 0 Å². The summed E-state index contributed by atoms with van der Waals surface area (Å²) in [6.07, 6.45) is -5.25. The average Bonchev–Trinajstić information content (AvgIpc) is 3.27. The average molecular weight is 404 g/mol. The Morgan fingerprint density at radius 3 is 2.32 bits per heavy atom. The predicted octanol–water partition coefficient (Wildman–Crippen LogP) is -1.57. The maximum absolute atomic E-state index is 10.3. The molecule has 3 fully saturated rings. The third-order valence-corrected chi connectivity index (χ3v) is 6.52. The van der Waals surface area contributed by atoms with Gasteiger partial charge in [-0.05, 0) is 20.3 Å². The normalized spacial score (nSPS) is 51.7. The number of aliphatic hydroxyl groups excluding tert-OH is 6. The van der Waals surface area contributed by atoms with Crippen LogP contribution < -0.4 is 0 Å². The minimum absolute atomic E-state index is 0.371. The summed E-state index contributed by atoms with van der Waals surface area (Å²) in [6, 6.07) is 0. The summed E-state index contributed by atoms with van der Waals surface area (Å²) in [5, 5.41) is 59.5. The lowest BCUT2D eigenvalue weighted by Gasteiger charge is -2.42. The zero-order valence-electron chi connectivity index (χ0n) is 16.6. The smallest absolute Gasteiger partial charge is 0.187 e. The Morgan fingerprint density at radius 2 is 1.71 bits per heavy atom. The molecule has 10 atom stereocenters. The maximum atomic E-state index is 10.3. The van der Waals surface area contributed by atoms with Crippen molar-refractivity contribution in [1.29, 1.82) is 0 Å². The van der Waals surface area contributed by atoms with Crippen LogP contribution in [0.5, 0.6) is 0 Å². The molecule has 3 rings (SSSR count). The molecule has 2 heterocycles. The molecular formula is C19H32O9. The van der Waals surface area contributed by atoms with E-state index in [2.05, 4.69) is 0 Å². The van der Waals surface area contributed by atoms with E-state index in [1.54, 1.807) is 26.0 Å². The molecule has 0 unspecified atom stereocenters. The molecule has 0 aromatic rings. The standard InChI is InChI=1S/C19H32O9/c1-9(26-16-14(24)13(23)12(22)11(8-20)27-16)5-6-19-17(2,3)7-10(21)15(25)18(19,4)28-19/h5-6,9-16,20-25H,7-8H2,1-4H3/b6-5+/t9-,10-,11+,12+,13-,14+,15-,16+,18+,19-/m0/s1. The van der Waals surface area contributed by atoms with Gasteiger partial charge < -0.3 is 44.8 Å². The third-order valence-electron chi connectivity index (χ3n) is 6.52. The fraction of sp³-hybridized carbons (Fsp3) is 0.895. The predicted molar refractivity (Wildman–Crippen MR) is 96.1 cm³/mol. The molecule has 2 aliphatic heterocycles. The Bertz CT molecular complexity index is 608. The summed E-state index contributed by atoms with van der Waals surface area (Å²) >= 11 is 0. The first-order valence-electron chi connectivity index (χ1n) is 9.62. The number of hydrogen-bond acceptors (Lipinski definition) is 9. The monoisotopic (exact) mass is 404 g/mol. The van der Waals surface area contributed by atoms with Gasteiger partial charge in [-0.15, -0.1) is 0 Å². The van der Waals surface area contributed by atoms with E-state index < -0.39 is 72.2 Å². The lowest BCUT2D eigenvalue weighted by Crippen LogP contribution is -2.59. The largest absolute Gasteiger partial charge is 0.394 e. The van der Waals surface area contributed by atoms with Crippen LogP contribution in [0.3, 0.4) is 0 Å². The summed E-state index contributed by atoms with van der Waals surface area (Å²) in [6.45, 7) is 6.85. The van der Waals surface area contributed by atoms with E-state index in [4.69, 9.17) is 14.2 Å². The highest BCUT2D eigenvalue weighted by Crippen LogP contribution is 2.66. The van der Waals surface area contributed by atoms with Crippen molar-refractivity contribution in [2.24, 2.45) is 5.41 Å². The van der Waals surface area contributed by atoms with Crippen LogP contribution in [0, 0.1) is 5.41 Å². The highest BCUT2D eigenvalue weighted by atomic mass is 16.7. The number of ether oxygens (including phenoxy) is 3. The molecule has 0 aromatic heterocycles. The van der Waals surface area contributed by atoms with Gasteiger partial charge in [0.2, 0.25) is 0 Å². The summed E-state index contributed by atoms with van der Waals surface area (Å²) < 4.78 is 16.9. The molecule has 0 spiro atoms. The Balaban J connectivity index is 1.70. The van der Waals surface area contributed by atoms with Crippen molar-refractivity contribution < 1.29 is 44.8 Å². The van der Waals surface area contributed by atoms with Gasteiger partial charge in [0.05, 0.1) is 18.8 Å². The Morgan fingerprint density at radius 1 is 1.07 bits per heavy atom. The second-order valence-corrected chi connectivity index (χ2v) is 8.94. The summed E-state index contributed by atoms with van der Waals surface area (Å²) in [4.78, 5) is 0. The van der Waals surface area contributed by atoms with Crippen LogP contribution in [0.1, 0.15) is 34.1 Å². The second-order valence-electron chi connectivity index (χ2n) is 8.94. The summed E-state index contributed by atoms with van der Waals surface area (Å²) in [5.74, 6) is 0. The van der Waals surface area contributed by atoms with Crippen LogP contribution in [-0.2, 0) is 14.2 Å². The Hall–Kier alpha value is -0.620. The molecule has 1 aliphatic carbocycles. The minimum Gasteiger partial charge on any atom is -0.394 e. The van der Waals surface area contributed by atoms with Crippen LogP contribution in [-0.4, -0.2) is 97.5 Å². The van der Waals surface area contributed by atoms with Gasteiger partial charge in [0.25, 0.3) is 0 Å². The molecule has 9 heteroatoms. The lowest BCUT2D eigenvalue weighted by atomic mass is 9.62. The van der Waals surface area contributed by atoms with Gasteiger partial charge in [0, 0.05) is 5.41 Å². The molecule has 0 radical (unpaired) electrons. The summed E-state index contributed by atoms with van der Waals surface area (Å²) in [7, 11) is 0. The van der Waals surface area contributed by atoms with Gasteiger partial charge in [-0.2, -0.15) is 0 Å². The molecule has 1 saturated carbocycles. The summed E-state index contributed by atoms with van der Waals surface area (Å²) in [5.41, 5.74) is -2.11. The van der Waals surface area contributed by atoms with Crippen LogP contribution in [0.15, 0.2) is 12.2 Å². The number of fused-ring (bicyclic) bond motifs is 1. The SMILES string of the molecule is C[C@@H](/C=C/[C@@]12O[C@]1(C)[C@@H](O)[C@@H](O)CC2(C)C)O[C@@H]1O[C@H](CO)[C@@H](O)[C@H](O)[C@H]1O. The minimum atomic E-state index is -1.50. The van der Waals surface area contributed by atoms with Crippen molar-refractivity contribution >= 4 is 0 Å². The van der Waals surface area contributed by atoms with Crippen molar-refractivity contribution in [2.75, 3.05) is 6.61 Å². The van der Waals surface area contributed by atoms with E-state index in [-0.39, 0.29) is 0 Å². The van der Waals surface area contributed by atoms with E-state index in [9.17, 15) is 30.6 Å². The number of hydrogen-bond donors (Lipinski definition) is 6. The molecule has 6 N–H and O–H groups in total. The van der Waals surface area contributed by atoms with Gasteiger partial charge in [-0.1, -0.05) is 26.0 Å². The molecular weight excluding hydrogens is 372 g/mol. The first-order chi connectivity index (χ1) is 12.9. The zero-order valence-corrected chi connectivity index (χ0v) is 16.6. The second kappa shape index (κ2) is 7.26. The topological polar surface area (TPSA) is 152 Å². The van der Waals surface area contributed by atoms with Crippen molar-refractivity contribution in [3.05, 3.63) is 12.2 Å². The van der Waals surface area contributed by atoms with Gasteiger partial charge >= 0.3 is 0 Å². The van der Waals surface area contributed by atoms with Crippen LogP contribution in [0.2, 0.25) is 0 Å². The molecule has 0 aromatic carbocycles. The van der Waals surface area contributed by atoms with Crippen LogP contribution in [0.25, 0.3) is 0 Å². The zero-order chi connectivity index (χ0) is 21.1. The third kappa shape index (κ3) is 3.23. The highest BCUT2D eigenvalue weighted by Gasteiger charge is 2.78. The van der Waals surface area contributed by atoms with Crippen LogP contribution >= 0.6 is 0 Å². The molecule has 3 aliphatic rings. The fourth-order valence-corrected chi connectivity index (χ4v) is 4.69. The van der Waals surface area contributed by atoms with Crippen LogP contribution in [0.4, 0.5) is 0 Å². The molecule has 9 nitrogen and oxygen atoms in total. The first kappa shape index (κ1) is 22.1. The Kier molecular flexibility index (Phi) is 5.72. The Labute approximate surface area is 164 Å². The number of rotatable bonds is 5. The lowest BCUT2D eigenvalue weighted by molar-refractivity contribution is -0.306. The molecule has 0 amide bonds. The van der Waals surface area contributed by atoms with Gasteiger partial charge in [-0.3, -0.25) is 0 Å². The van der Waals surface area contributed by atoms with Crippen molar-refractivity contribution in [2.45, 2.75) is 94.3 Å². The number of epoxide rings is 1. The number of aliphatic hydroxyl groups is 6. The van der Waals surface area contributed by atoms with Gasteiger partial charge in [0.15, 0.2) is 6.29 Å².